The van der Waals surface area contributed by atoms with Crippen LogP contribution >= 0.6 is 0 Å². The second-order valence-electron chi connectivity index (χ2n) is 5.38. The summed E-state index contributed by atoms with van der Waals surface area (Å²) >= 11 is 0. The monoisotopic (exact) mass is 280 g/mol. The van der Waals surface area contributed by atoms with Crippen LogP contribution in [0.2, 0.25) is 0 Å². The van der Waals surface area contributed by atoms with E-state index in [-0.39, 0.29) is 5.56 Å². The highest BCUT2D eigenvalue weighted by Gasteiger charge is 2.23. The third kappa shape index (κ3) is 3.77. The largest absolute Gasteiger partial charge is 0.464 e. The van der Waals surface area contributed by atoms with E-state index < -0.39 is 17.8 Å². The Morgan fingerprint density at radius 3 is 2.75 bits per heavy atom. The van der Waals surface area contributed by atoms with Gasteiger partial charge >= 0.3 is 5.97 Å². The van der Waals surface area contributed by atoms with Crippen molar-refractivity contribution in [1.82, 2.24) is 4.90 Å². The maximum absolute atomic E-state index is 13.5. The van der Waals surface area contributed by atoms with Gasteiger partial charge in [0.25, 0.3) is 0 Å². The third-order valence-electron chi connectivity index (χ3n) is 3.79. The summed E-state index contributed by atoms with van der Waals surface area (Å²) in [6.45, 7) is 2.40. The summed E-state index contributed by atoms with van der Waals surface area (Å²) in [5, 5.41) is 0. The van der Waals surface area contributed by atoms with Gasteiger partial charge in [-0.25, -0.2) is 9.18 Å². The van der Waals surface area contributed by atoms with Crippen molar-refractivity contribution in [1.29, 1.82) is 0 Å². The molecule has 0 bridgehead atoms. The molecule has 1 unspecified atom stereocenters. The summed E-state index contributed by atoms with van der Waals surface area (Å²) in [5.74, 6) is -0.659. The minimum atomic E-state index is -1.05. The van der Waals surface area contributed by atoms with E-state index in [4.69, 9.17) is 10.5 Å². The molecular formula is C15H21FN2O2. The third-order valence-corrected chi connectivity index (χ3v) is 3.79. The molecule has 2 N–H and O–H groups in total. The molecule has 4 nitrogen and oxygen atoms in total. The standard InChI is InChI=1S/C15H21FN2O2/c1-18-8-6-11(7-9-18)10-20-15(19)14(17)12-4-2-3-5-13(12)16/h2-5,11,14H,6-10,17H2,1H3. The van der Waals surface area contributed by atoms with Gasteiger partial charge in [0.1, 0.15) is 11.9 Å². The molecule has 1 atom stereocenters. The zero-order valence-electron chi connectivity index (χ0n) is 11.7. The normalized spacial score (nSPS) is 18.8. The van der Waals surface area contributed by atoms with Crippen molar-refractivity contribution < 1.29 is 13.9 Å². The van der Waals surface area contributed by atoms with E-state index in [2.05, 4.69) is 11.9 Å². The Hall–Kier alpha value is -1.46. The van der Waals surface area contributed by atoms with E-state index >= 15 is 0 Å². The first-order valence-electron chi connectivity index (χ1n) is 6.93. The minimum absolute atomic E-state index is 0.181. The fourth-order valence-corrected chi connectivity index (χ4v) is 2.37. The second kappa shape index (κ2) is 6.81. The van der Waals surface area contributed by atoms with Crippen LogP contribution in [0.4, 0.5) is 4.39 Å². The van der Waals surface area contributed by atoms with Crippen LogP contribution in [-0.2, 0) is 9.53 Å². The van der Waals surface area contributed by atoms with Gasteiger partial charge in [-0.2, -0.15) is 0 Å². The van der Waals surface area contributed by atoms with E-state index in [1.54, 1.807) is 12.1 Å². The molecule has 1 aromatic carbocycles. The Labute approximate surface area is 118 Å². The van der Waals surface area contributed by atoms with Crippen molar-refractivity contribution in [3.63, 3.8) is 0 Å². The van der Waals surface area contributed by atoms with Gasteiger partial charge in [0, 0.05) is 5.56 Å². The first-order valence-corrected chi connectivity index (χ1v) is 6.93. The van der Waals surface area contributed by atoms with E-state index in [1.807, 2.05) is 0 Å². The SMILES string of the molecule is CN1CCC(COC(=O)C(N)c2ccccc2F)CC1. The maximum Gasteiger partial charge on any atom is 0.327 e. The summed E-state index contributed by atoms with van der Waals surface area (Å²) in [6.07, 6.45) is 2.03. The average Bonchev–Trinajstić information content (AvgIpc) is 2.46. The molecule has 0 aliphatic carbocycles. The van der Waals surface area contributed by atoms with Crippen LogP contribution in [0.25, 0.3) is 0 Å². The van der Waals surface area contributed by atoms with Crippen LogP contribution in [0.15, 0.2) is 24.3 Å². The molecule has 1 aliphatic rings. The number of carbonyl (C=O) groups is 1. The van der Waals surface area contributed by atoms with Crippen LogP contribution in [-0.4, -0.2) is 37.6 Å². The Bertz CT molecular complexity index is 459. The molecule has 5 heteroatoms. The highest BCUT2D eigenvalue weighted by Crippen LogP contribution is 2.19. The lowest BCUT2D eigenvalue weighted by Gasteiger charge is -2.28. The number of ether oxygens (including phenoxy) is 1. The van der Waals surface area contributed by atoms with Crippen molar-refractivity contribution in [3.8, 4) is 0 Å². The Morgan fingerprint density at radius 1 is 1.45 bits per heavy atom. The Balaban J connectivity index is 1.84. The minimum Gasteiger partial charge on any atom is -0.464 e. The van der Waals surface area contributed by atoms with Gasteiger partial charge < -0.3 is 15.4 Å². The van der Waals surface area contributed by atoms with E-state index in [9.17, 15) is 9.18 Å². The van der Waals surface area contributed by atoms with Gasteiger partial charge in [0.05, 0.1) is 6.61 Å². The molecule has 0 saturated carbocycles. The molecule has 0 spiro atoms. The van der Waals surface area contributed by atoms with Gasteiger partial charge in [-0.05, 0) is 45.0 Å². The second-order valence-corrected chi connectivity index (χ2v) is 5.38. The number of halogens is 1. The fourth-order valence-electron chi connectivity index (χ4n) is 2.37. The number of hydrogen-bond acceptors (Lipinski definition) is 4. The highest BCUT2D eigenvalue weighted by molar-refractivity contribution is 5.77. The maximum atomic E-state index is 13.5. The van der Waals surface area contributed by atoms with E-state index in [0.717, 1.165) is 25.9 Å². The smallest absolute Gasteiger partial charge is 0.327 e. The molecule has 1 aromatic rings. The molecule has 0 aromatic heterocycles. The van der Waals surface area contributed by atoms with Crippen molar-refractivity contribution >= 4 is 5.97 Å². The molecule has 20 heavy (non-hydrogen) atoms. The van der Waals surface area contributed by atoms with E-state index in [0.29, 0.717) is 12.5 Å². The Kier molecular flexibility index (Phi) is 5.09. The van der Waals surface area contributed by atoms with Gasteiger partial charge in [0.2, 0.25) is 0 Å². The number of nitrogens with zero attached hydrogens (tertiary/aromatic N) is 1. The number of benzene rings is 1. The Morgan fingerprint density at radius 2 is 2.10 bits per heavy atom. The van der Waals surface area contributed by atoms with Crippen LogP contribution < -0.4 is 5.73 Å². The fraction of sp³-hybridized carbons (Fsp3) is 0.533. The first-order chi connectivity index (χ1) is 9.58. The zero-order valence-corrected chi connectivity index (χ0v) is 11.7. The highest BCUT2D eigenvalue weighted by atomic mass is 19.1. The number of esters is 1. The summed E-state index contributed by atoms with van der Waals surface area (Å²) in [5.41, 5.74) is 5.94. The van der Waals surface area contributed by atoms with Crippen LogP contribution in [0.5, 0.6) is 0 Å². The van der Waals surface area contributed by atoms with Gasteiger partial charge in [-0.3, -0.25) is 0 Å². The van der Waals surface area contributed by atoms with Crippen molar-refractivity contribution in [3.05, 3.63) is 35.6 Å². The quantitative estimate of drug-likeness (QED) is 0.853. The van der Waals surface area contributed by atoms with Crippen LogP contribution in [0, 0.1) is 11.7 Å². The molecule has 0 amide bonds. The van der Waals surface area contributed by atoms with Gasteiger partial charge in [-0.15, -0.1) is 0 Å². The van der Waals surface area contributed by atoms with Crippen LogP contribution in [0.1, 0.15) is 24.4 Å². The number of nitrogens with two attached hydrogens (primary N) is 1. The number of likely N-dealkylation sites (tertiary alicyclic amines) is 1. The zero-order chi connectivity index (χ0) is 14.5. The number of carbonyl (C=O) groups excluding carboxylic acids is 1. The summed E-state index contributed by atoms with van der Waals surface area (Å²) < 4.78 is 18.8. The molecule has 1 aliphatic heterocycles. The molecule has 1 saturated heterocycles. The van der Waals surface area contributed by atoms with Gasteiger partial charge in [-0.1, -0.05) is 18.2 Å². The van der Waals surface area contributed by atoms with Crippen molar-refractivity contribution in [2.45, 2.75) is 18.9 Å². The molecule has 2 rings (SSSR count). The summed E-state index contributed by atoms with van der Waals surface area (Å²) in [6, 6.07) is 4.97. The number of hydrogen-bond donors (Lipinski definition) is 1. The molecular weight excluding hydrogens is 259 g/mol. The average molecular weight is 280 g/mol. The predicted octanol–water partition coefficient (Wildman–Crippen LogP) is 1.71. The predicted molar refractivity (Wildman–Crippen MR) is 74.5 cm³/mol. The molecule has 1 heterocycles. The lowest BCUT2D eigenvalue weighted by molar-refractivity contribution is -0.147. The number of rotatable bonds is 4. The first kappa shape index (κ1) is 14.9. The molecule has 0 radical (unpaired) electrons. The molecule has 110 valence electrons. The van der Waals surface area contributed by atoms with Crippen molar-refractivity contribution in [2.75, 3.05) is 26.7 Å². The van der Waals surface area contributed by atoms with Gasteiger partial charge in [0.15, 0.2) is 0 Å². The molecule has 1 fully saturated rings. The lowest BCUT2D eigenvalue weighted by Crippen LogP contribution is -2.33. The topological polar surface area (TPSA) is 55.6 Å². The van der Waals surface area contributed by atoms with E-state index in [1.165, 1.54) is 12.1 Å². The summed E-state index contributed by atoms with van der Waals surface area (Å²) in [7, 11) is 2.08. The van der Waals surface area contributed by atoms with Crippen LogP contribution in [0.3, 0.4) is 0 Å². The summed E-state index contributed by atoms with van der Waals surface area (Å²) in [4.78, 5) is 14.1. The van der Waals surface area contributed by atoms with Crippen molar-refractivity contribution in [2.24, 2.45) is 11.7 Å². The lowest BCUT2D eigenvalue weighted by atomic mass is 9.98. The number of piperidine rings is 1.